The summed E-state index contributed by atoms with van der Waals surface area (Å²) >= 11 is 0. The van der Waals surface area contributed by atoms with Gasteiger partial charge in [0.2, 0.25) is 5.91 Å². The molecule has 4 rings (SSSR count). The number of rotatable bonds is 8. The maximum Gasteiger partial charge on any atom is 0.228 e. The summed E-state index contributed by atoms with van der Waals surface area (Å²) in [5.41, 5.74) is 2.03. The van der Waals surface area contributed by atoms with Crippen molar-refractivity contribution in [3.63, 3.8) is 0 Å². The Bertz CT molecular complexity index is 1120. The van der Waals surface area contributed by atoms with Crippen LogP contribution in [-0.4, -0.2) is 44.3 Å². The maximum absolute atomic E-state index is 13.0. The van der Waals surface area contributed by atoms with Crippen molar-refractivity contribution in [2.75, 3.05) is 33.8 Å². The molecule has 1 aromatic heterocycles. The Hall–Kier alpha value is -3.81. The van der Waals surface area contributed by atoms with Gasteiger partial charge in [-0.05, 0) is 37.1 Å². The van der Waals surface area contributed by atoms with Crippen LogP contribution in [0.15, 0.2) is 42.5 Å². The Morgan fingerprint density at radius 3 is 1.97 bits per heavy atom. The summed E-state index contributed by atoms with van der Waals surface area (Å²) in [6, 6.07) is 12.7. The molecule has 184 valence electrons. The monoisotopic (exact) mass is 477 g/mol. The van der Waals surface area contributed by atoms with E-state index < -0.39 is 0 Å². The smallest absolute Gasteiger partial charge is 0.228 e. The normalized spacial score (nSPS) is 13.7. The summed E-state index contributed by atoms with van der Waals surface area (Å²) < 4.78 is 21.9. The lowest BCUT2D eigenvalue weighted by Gasteiger charge is -2.21. The maximum atomic E-state index is 13.0. The summed E-state index contributed by atoms with van der Waals surface area (Å²) in [5.74, 6) is 3.32. The molecule has 3 aromatic rings. The highest BCUT2D eigenvalue weighted by atomic mass is 16.5. The van der Waals surface area contributed by atoms with Crippen molar-refractivity contribution >= 4 is 11.7 Å². The number of anilines is 1. The van der Waals surface area contributed by atoms with Crippen molar-refractivity contribution in [2.45, 2.75) is 32.1 Å². The molecule has 0 unspecified atom stereocenters. The van der Waals surface area contributed by atoms with Gasteiger partial charge in [0.1, 0.15) is 28.8 Å². The number of hydrogen-bond acceptors (Lipinski definition) is 7. The van der Waals surface area contributed by atoms with Gasteiger partial charge in [0.25, 0.3) is 0 Å². The number of ether oxygens (including phenoxy) is 4. The van der Waals surface area contributed by atoms with Crippen molar-refractivity contribution in [1.82, 2.24) is 9.97 Å². The van der Waals surface area contributed by atoms with Gasteiger partial charge in [0.15, 0.2) is 5.82 Å². The van der Waals surface area contributed by atoms with Gasteiger partial charge in [-0.25, -0.2) is 9.97 Å². The molecule has 1 saturated carbocycles. The molecule has 8 heteroatoms. The van der Waals surface area contributed by atoms with E-state index in [9.17, 15) is 4.79 Å². The lowest BCUT2D eigenvalue weighted by molar-refractivity contribution is -0.120. The molecule has 35 heavy (non-hydrogen) atoms. The number of nitrogens with one attached hydrogen (secondary N) is 1. The SMILES string of the molecule is COc1ccc(-c2cc(NC(=O)C3CCCCC3)nc(-c3ccc(OC)cc3OC)n2)c(OC)c1. The molecule has 0 radical (unpaired) electrons. The summed E-state index contributed by atoms with van der Waals surface area (Å²) in [7, 11) is 6.38. The van der Waals surface area contributed by atoms with Crippen LogP contribution in [0.25, 0.3) is 22.6 Å². The number of carbonyl (C=O) groups is 1. The first-order valence-electron chi connectivity index (χ1n) is 11.7. The molecular formula is C27H31N3O5. The minimum atomic E-state index is -0.0105. The van der Waals surface area contributed by atoms with Gasteiger partial charge in [-0.2, -0.15) is 0 Å². The van der Waals surface area contributed by atoms with Crippen molar-refractivity contribution < 1.29 is 23.7 Å². The number of benzene rings is 2. The first-order chi connectivity index (χ1) is 17.1. The highest BCUT2D eigenvalue weighted by molar-refractivity contribution is 5.92. The minimum Gasteiger partial charge on any atom is -0.497 e. The van der Waals surface area contributed by atoms with Crippen LogP contribution in [0, 0.1) is 5.92 Å². The van der Waals surface area contributed by atoms with Crippen LogP contribution in [0.2, 0.25) is 0 Å². The van der Waals surface area contributed by atoms with Crippen LogP contribution in [0.4, 0.5) is 5.82 Å². The van der Waals surface area contributed by atoms with Gasteiger partial charge in [-0.1, -0.05) is 19.3 Å². The lowest BCUT2D eigenvalue weighted by Crippen LogP contribution is -2.25. The highest BCUT2D eigenvalue weighted by Gasteiger charge is 2.23. The number of nitrogens with zero attached hydrogens (tertiary/aromatic N) is 2. The zero-order valence-corrected chi connectivity index (χ0v) is 20.6. The van der Waals surface area contributed by atoms with E-state index in [-0.39, 0.29) is 11.8 Å². The van der Waals surface area contributed by atoms with Gasteiger partial charge in [0.05, 0.1) is 39.7 Å². The summed E-state index contributed by atoms with van der Waals surface area (Å²) in [6.07, 6.45) is 5.12. The number of methoxy groups -OCH3 is 4. The molecule has 1 aliphatic carbocycles. The van der Waals surface area contributed by atoms with E-state index >= 15 is 0 Å². The van der Waals surface area contributed by atoms with Crippen LogP contribution in [0.5, 0.6) is 23.0 Å². The summed E-state index contributed by atoms with van der Waals surface area (Å²) in [5, 5.41) is 3.03. The predicted octanol–water partition coefficient (Wildman–Crippen LogP) is 5.36. The predicted molar refractivity (Wildman–Crippen MR) is 134 cm³/mol. The number of hydrogen-bond donors (Lipinski definition) is 1. The molecule has 8 nitrogen and oxygen atoms in total. The third-order valence-electron chi connectivity index (χ3n) is 6.29. The van der Waals surface area contributed by atoms with Crippen molar-refractivity contribution in [3.05, 3.63) is 42.5 Å². The molecule has 2 aromatic carbocycles. The second-order valence-corrected chi connectivity index (χ2v) is 8.42. The van der Waals surface area contributed by atoms with E-state index in [2.05, 4.69) is 10.3 Å². The molecule has 0 bridgehead atoms. The Balaban J connectivity index is 1.81. The van der Waals surface area contributed by atoms with E-state index in [4.69, 9.17) is 23.9 Å². The fourth-order valence-electron chi connectivity index (χ4n) is 4.36. The quantitative estimate of drug-likeness (QED) is 0.467. The average molecular weight is 478 g/mol. The third-order valence-corrected chi connectivity index (χ3v) is 6.29. The van der Waals surface area contributed by atoms with Crippen LogP contribution in [-0.2, 0) is 4.79 Å². The first kappa shape index (κ1) is 24.3. The van der Waals surface area contributed by atoms with Gasteiger partial charge < -0.3 is 24.3 Å². The van der Waals surface area contributed by atoms with Crippen LogP contribution in [0.3, 0.4) is 0 Å². The van der Waals surface area contributed by atoms with E-state index in [1.165, 1.54) is 6.42 Å². The molecule has 1 amide bonds. The first-order valence-corrected chi connectivity index (χ1v) is 11.7. The highest BCUT2D eigenvalue weighted by Crippen LogP contribution is 2.37. The van der Waals surface area contributed by atoms with Crippen molar-refractivity contribution in [3.8, 4) is 45.6 Å². The van der Waals surface area contributed by atoms with Gasteiger partial charge in [-0.3, -0.25) is 4.79 Å². The molecule has 1 fully saturated rings. The zero-order valence-electron chi connectivity index (χ0n) is 20.6. The van der Waals surface area contributed by atoms with Gasteiger partial charge in [0, 0.05) is 29.7 Å². The standard InChI is InChI=1S/C27H31N3O5/c1-32-18-10-12-20(23(14-18)34-3)22-16-25(30-27(31)17-8-6-5-7-9-17)29-26(28-22)21-13-11-19(33-2)15-24(21)35-4/h10-17H,5-9H2,1-4H3,(H,28,29,30,31). The van der Waals surface area contributed by atoms with E-state index in [1.807, 2.05) is 24.3 Å². The molecule has 1 heterocycles. The Morgan fingerprint density at radius 2 is 1.37 bits per heavy atom. The molecule has 0 atom stereocenters. The third kappa shape index (κ3) is 5.48. The number of amides is 1. The number of carbonyl (C=O) groups excluding carboxylic acids is 1. The van der Waals surface area contributed by atoms with Crippen LogP contribution in [0.1, 0.15) is 32.1 Å². The van der Waals surface area contributed by atoms with Crippen LogP contribution < -0.4 is 24.3 Å². The summed E-state index contributed by atoms with van der Waals surface area (Å²) in [4.78, 5) is 22.5. The topological polar surface area (TPSA) is 91.8 Å². The average Bonchev–Trinajstić information content (AvgIpc) is 2.92. The molecule has 1 N–H and O–H groups in total. The van der Waals surface area contributed by atoms with E-state index in [0.29, 0.717) is 45.9 Å². The number of aromatic nitrogens is 2. The summed E-state index contributed by atoms with van der Waals surface area (Å²) in [6.45, 7) is 0. The lowest BCUT2D eigenvalue weighted by atomic mass is 9.89. The minimum absolute atomic E-state index is 0.00309. The second kappa shape index (κ2) is 11.1. The molecule has 1 aliphatic rings. The zero-order chi connectivity index (χ0) is 24.8. The Labute approximate surface area is 205 Å². The molecule has 0 spiro atoms. The van der Waals surface area contributed by atoms with Gasteiger partial charge in [-0.15, -0.1) is 0 Å². The molecular weight excluding hydrogens is 446 g/mol. The van der Waals surface area contributed by atoms with Crippen molar-refractivity contribution in [1.29, 1.82) is 0 Å². The van der Waals surface area contributed by atoms with Crippen molar-refractivity contribution in [2.24, 2.45) is 5.92 Å². The Kier molecular flexibility index (Phi) is 7.70. The Morgan fingerprint density at radius 1 is 0.771 bits per heavy atom. The second-order valence-electron chi connectivity index (χ2n) is 8.42. The fourth-order valence-corrected chi connectivity index (χ4v) is 4.36. The molecule has 0 aliphatic heterocycles. The van der Waals surface area contributed by atoms with Gasteiger partial charge >= 0.3 is 0 Å². The van der Waals surface area contributed by atoms with E-state index in [1.54, 1.807) is 46.6 Å². The van der Waals surface area contributed by atoms with Crippen LogP contribution >= 0.6 is 0 Å². The van der Waals surface area contributed by atoms with E-state index in [0.717, 1.165) is 31.2 Å². The largest absolute Gasteiger partial charge is 0.497 e. The fraction of sp³-hybridized carbons (Fsp3) is 0.370. The molecule has 0 saturated heterocycles.